The van der Waals surface area contributed by atoms with Gasteiger partial charge in [0.2, 0.25) is 5.91 Å². The fraction of sp³-hybridized carbons (Fsp3) is 0.714. The number of ether oxygens (including phenoxy) is 1. The van der Waals surface area contributed by atoms with Crippen LogP contribution in [-0.4, -0.2) is 29.0 Å². The van der Waals surface area contributed by atoms with Gasteiger partial charge >= 0.3 is 6.09 Å². The normalized spacial score (nSPS) is 27.9. The topological polar surface area (TPSA) is 46.6 Å². The lowest BCUT2D eigenvalue weighted by atomic mass is 9.83. The van der Waals surface area contributed by atoms with Gasteiger partial charge in [-0.2, -0.15) is 0 Å². The van der Waals surface area contributed by atoms with Crippen LogP contribution in [0.3, 0.4) is 0 Å². The van der Waals surface area contributed by atoms with E-state index in [1.807, 2.05) is 33.8 Å². The molecule has 2 aliphatic rings. The van der Waals surface area contributed by atoms with Crippen LogP contribution in [0.25, 0.3) is 0 Å². The second-order valence-electron chi connectivity index (χ2n) is 6.27. The molecule has 2 atom stereocenters. The molecule has 0 saturated carbocycles. The van der Waals surface area contributed by atoms with Crippen LogP contribution in [0.5, 0.6) is 0 Å². The molecule has 0 aromatic rings. The van der Waals surface area contributed by atoms with E-state index >= 15 is 0 Å². The molecule has 1 saturated heterocycles. The van der Waals surface area contributed by atoms with E-state index in [1.165, 1.54) is 10.5 Å². The van der Waals surface area contributed by atoms with Crippen LogP contribution in [0.2, 0.25) is 0 Å². The number of amides is 2. The molecule has 0 aromatic heterocycles. The van der Waals surface area contributed by atoms with Gasteiger partial charge in [0.05, 0.1) is 5.92 Å². The third kappa shape index (κ3) is 2.57. The summed E-state index contributed by atoms with van der Waals surface area (Å²) in [5.41, 5.74) is 0.687. The highest BCUT2D eigenvalue weighted by molar-refractivity contribution is 5.96. The zero-order valence-electron chi connectivity index (χ0n) is 11.5. The van der Waals surface area contributed by atoms with Gasteiger partial charge in [-0.3, -0.25) is 4.79 Å². The van der Waals surface area contributed by atoms with E-state index in [2.05, 4.69) is 0 Å². The molecule has 0 bridgehead atoms. The lowest BCUT2D eigenvalue weighted by Crippen LogP contribution is -2.38. The molecule has 0 spiro atoms. The van der Waals surface area contributed by atoms with Gasteiger partial charge in [0.15, 0.2) is 0 Å². The highest BCUT2D eigenvalue weighted by atomic mass is 16.6. The van der Waals surface area contributed by atoms with Gasteiger partial charge in [0.1, 0.15) is 5.60 Å². The summed E-state index contributed by atoms with van der Waals surface area (Å²) in [4.78, 5) is 25.4. The van der Waals surface area contributed by atoms with Gasteiger partial charge < -0.3 is 4.74 Å². The van der Waals surface area contributed by atoms with Crippen LogP contribution in [0.1, 0.15) is 40.5 Å². The van der Waals surface area contributed by atoms with Crippen molar-refractivity contribution in [2.45, 2.75) is 46.1 Å². The minimum absolute atomic E-state index is 0.103. The Labute approximate surface area is 108 Å². The van der Waals surface area contributed by atoms with Gasteiger partial charge in [-0.25, -0.2) is 9.69 Å². The van der Waals surface area contributed by atoms with Crippen LogP contribution in [0.15, 0.2) is 11.6 Å². The second kappa shape index (κ2) is 4.41. The second-order valence-corrected chi connectivity index (χ2v) is 6.27. The number of fused-ring (bicyclic) bond motifs is 1. The van der Waals surface area contributed by atoms with E-state index in [9.17, 15) is 9.59 Å². The molecule has 18 heavy (non-hydrogen) atoms. The Kier molecular flexibility index (Phi) is 3.21. The summed E-state index contributed by atoms with van der Waals surface area (Å²) in [5, 5.41) is 0. The fourth-order valence-corrected chi connectivity index (χ4v) is 2.58. The van der Waals surface area contributed by atoms with Gasteiger partial charge in [-0.1, -0.05) is 11.6 Å². The molecule has 1 aliphatic carbocycles. The standard InChI is InChI=1S/C14H21NO3/c1-9-5-6-10-8-15(12(16)11(10)7-9)13(17)18-14(2,3)4/h7,10-11H,5-6,8H2,1-4H3. The van der Waals surface area contributed by atoms with E-state index in [0.717, 1.165) is 12.8 Å². The van der Waals surface area contributed by atoms with Crippen molar-refractivity contribution < 1.29 is 14.3 Å². The van der Waals surface area contributed by atoms with Crippen LogP contribution in [0.4, 0.5) is 4.79 Å². The first-order valence-electron chi connectivity index (χ1n) is 6.49. The predicted octanol–water partition coefficient (Wildman–Crippen LogP) is 2.74. The summed E-state index contributed by atoms with van der Waals surface area (Å²) in [6.07, 6.45) is 3.52. The Balaban J connectivity index is 2.10. The molecule has 2 unspecified atom stereocenters. The Morgan fingerprint density at radius 3 is 2.72 bits per heavy atom. The molecule has 2 amide bonds. The monoisotopic (exact) mass is 251 g/mol. The molecule has 1 heterocycles. The van der Waals surface area contributed by atoms with Gasteiger partial charge in [-0.05, 0) is 46.5 Å². The number of hydrogen-bond acceptors (Lipinski definition) is 3. The summed E-state index contributed by atoms with van der Waals surface area (Å²) in [7, 11) is 0. The van der Waals surface area contributed by atoms with Crippen LogP contribution >= 0.6 is 0 Å². The van der Waals surface area contributed by atoms with Crippen molar-refractivity contribution in [1.82, 2.24) is 4.90 Å². The summed E-state index contributed by atoms with van der Waals surface area (Å²) in [6, 6.07) is 0. The molecule has 1 aliphatic heterocycles. The molecular weight excluding hydrogens is 230 g/mol. The number of allylic oxidation sites excluding steroid dienone is 1. The van der Waals surface area contributed by atoms with Crippen molar-refractivity contribution in [3.8, 4) is 0 Å². The van der Waals surface area contributed by atoms with Crippen molar-refractivity contribution in [3.05, 3.63) is 11.6 Å². The molecule has 4 nitrogen and oxygen atoms in total. The van der Waals surface area contributed by atoms with Crippen LogP contribution in [0, 0.1) is 11.8 Å². The Hall–Kier alpha value is -1.32. The zero-order valence-corrected chi connectivity index (χ0v) is 11.5. The number of carbonyl (C=O) groups is 2. The lowest BCUT2D eigenvalue weighted by molar-refractivity contribution is -0.129. The van der Waals surface area contributed by atoms with Gasteiger partial charge in [-0.15, -0.1) is 0 Å². The third-order valence-corrected chi connectivity index (χ3v) is 3.46. The molecular formula is C14H21NO3. The van der Waals surface area contributed by atoms with E-state index in [1.54, 1.807) is 0 Å². The minimum atomic E-state index is -0.559. The summed E-state index contributed by atoms with van der Waals surface area (Å²) in [6.45, 7) is 7.97. The van der Waals surface area contributed by atoms with E-state index in [4.69, 9.17) is 4.74 Å². The van der Waals surface area contributed by atoms with Gasteiger partial charge in [0.25, 0.3) is 0 Å². The average Bonchev–Trinajstić information content (AvgIpc) is 2.54. The van der Waals surface area contributed by atoms with Crippen molar-refractivity contribution >= 4 is 12.0 Å². The van der Waals surface area contributed by atoms with Crippen LogP contribution in [-0.2, 0) is 9.53 Å². The molecule has 0 aromatic carbocycles. The first-order valence-corrected chi connectivity index (χ1v) is 6.49. The maximum absolute atomic E-state index is 12.2. The van der Waals surface area contributed by atoms with E-state index < -0.39 is 11.7 Å². The molecule has 0 radical (unpaired) electrons. The number of hydrogen-bond donors (Lipinski definition) is 0. The number of rotatable bonds is 0. The fourth-order valence-electron chi connectivity index (χ4n) is 2.58. The first-order chi connectivity index (χ1) is 8.28. The summed E-state index contributed by atoms with van der Waals surface area (Å²) >= 11 is 0. The number of imide groups is 1. The molecule has 2 rings (SSSR count). The Morgan fingerprint density at radius 2 is 2.11 bits per heavy atom. The summed E-state index contributed by atoms with van der Waals surface area (Å²) in [5.74, 6) is 0.0493. The van der Waals surface area contributed by atoms with Gasteiger partial charge in [0, 0.05) is 6.54 Å². The smallest absolute Gasteiger partial charge is 0.417 e. The van der Waals surface area contributed by atoms with Crippen molar-refractivity contribution in [2.24, 2.45) is 11.8 Å². The Morgan fingerprint density at radius 1 is 1.44 bits per heavy atom. The molecule has 4 heteroatoms. The molecule has 0 N–H and O–H groups in total. The first kappa shape index (κ1) is 13.1. The maximum Gasteiger partial charge on any atom is 0.417 e. The average molecular weight is 251 g/mol. The predicted molar refractivity (Wildman–Crippen MR) is 67.9 cm³/mol. The van der Waals surface area contributed by atoms with Crippen molar-refractivity contribution in [3.63, 3.8) is 0 Å². The minimum Gasteiger partial charge on any atom is -0.443 e. The highest BCUT2D eigenvalue weighted by Gasteiger charge is 2.44. The zero-order chi connectivity index (χ0) is 13.5. The van der Waals surface area contributed by atoms with E-state index in [0.29, 0.717) is 6.54 Å². The van der Waals surface area contributed by atoms with Crippen molar-refractivity contribution in [1.29, 1.82) is 0 Å². The number of nitrogens with zero attached hydrogens (tertiary/aromatic N) is 1. The highest BCUT2D eigenvalue weighted by Crippen LogP contribution is 2.36. The quantitative estimate of drug-likeness (QED) is 0.622. The number of likely N-dealkylation sites (tertiary alicyclic amines) is 1. The number of carbonyl (C=O) groups excluding carboxylic acids is 2. The van der Waals surface area contributed by atoms with Crippen molar-refractivity contribution in [2.75, 3.05) is 6.54 Å². The summed E-state index contributed by atoms with van der Waals surface area (Å²) < 4.78 is 5.27. The molecule has 100 valence electrons. The maximum atomic E-state index is 12.2. The Bertz CT molecular complexity index is 406. The SMILES string of the molecule is CC1=CC2C(=O)N(C(=O)OC(C)(C)C)CC2CC1. The largest absolute Gasteiger partial charge is 0.443 e. The van der Waals surface area contributed by atoms with Crippen LogP contribution < -0.4 is 0 Å². The molecule has 1 fully saturated rings. The lowest BCUT2D eigenvalue weighted by Gasteiger charge is -2.23. The van der Waals surface area contributed by atoms with E-state index in [-0.39, 0.29) is 17.7 Å². The third-order valence-electron chi connectivity index (χ3n) is 3.46.